The van der Waals surface area contributed by atoms with Crippen molar-refractivity contribution in [2.45, 2.75) is 44.8 Å². The molecule has 1 nitrogen and oxygen atoms in total. The number of aryl methyl sites for hydroxylation is 1. The van der Waals surface area contributed by atoms with E-state index < -0.39 is 8.80 Å². The Bertz CT molecular complexity index is 358. The van der Waals surface area contributed by atoms with Crippen molar-refractivity contribution in [3.05, 3.63) is 29.3 Å². The number of hydrogen-bond acceptors (Lipinski definition) is 1. The third-order valence-corrected chi connectivity index (χ3v) is 7.92. The molecule has 0 aromatic heterocycles. The van der Waals surface area contributed by atoms with Gasteiger partial charge in [-0.05, 0) is 36.1 Å². The Morgan fingerprint density at radius 3 is 2.75 bits per heavy atom. The van der Waals surface area contributed by atoms with E-state index in [1.54, 1.807) is 5.56 Å². The zero-order chi connectivity index (χ0) is 11.5. The summed E-state index contributed by atoms with van der Waals surface area (Å²) in [5, 5.41) is 3.64. The van der Waals surface area contributed by atoms with Crippen molar-refractivity contribution in [1.29, 1.82) is 0 Å². The van der Waals surface area contributed by atoms with E-state index in [1.165, 1.54) is 36.3 Å². The molecule has 2 rings (SSSR count). The summed E-state index contributed by atoms with van der Waals surface area (Å²) >= 11 is 0. The third-order valence-electron chi connectivity index (χ3n) is 4.02. The lowest BCUT2D eigenvalue weighted by atomic mass is 10.0. The van der Waals surface area contributed by atoms with Crippen LogP contribution in [0.5, 0.6) is 0 Å². The Kier molecular flexibility index (Phi) is 3.69. The molecule has 16 heavy (non-hydrogen) atoms. The molecular weight excluding hydrogens is 210 g/mol. The van der Waals surface area contributed by atoms with Crippen molar-refractivity contribution in [2.24, 2.45) is 0 Å². The second kappa shape index (κ2) is 5.04. The summed E-state index contributed by atoms with van der Waals surface area (Å²) in [6.07, 6.45) is 1.32. The van der Waals surface area contributed by atoms with Crippen molar-refractivity contribution in [3.8, 4) is 0 Å². The van der Waals surface area contributed by atoms with E-state index in [1.807, 2.05) is 0 Å². The van der Waals surface area contributed by atoms with Crippen molar-refractivity contribution >= 4 is 14.5 Å². The summed E-state index contributed by atoms with van der Waals surface area (Å²) in [6.45, 7) is 8.15. The number of anilines is 1. The monoisotopic (exact) mass is 233 g/mol. The summed E-state index contributed by atoms with van der Waals surface area (Å²) in [5.74, 6) is 0. The average Bonchev–Trinajstić information content (AvgIpc) is 2.31. The van der Waals surface area contributed by atoms with E-state index in [0.29, 0.717) is 0 Å². The van der Waals surface area contributed by atoms with Crippen molar-refractivity contribution < 1.29 is 0 Å². The van der Waals surface area contributed by atoms with Gasteiger partial charge in [-0.2, -0.15) is 0 Å². The molecule has 0 spiro atoms. The maximum absolute atomic E-state index is 3.64. The fraction of sp³-hybridized carbons (Fsp3) is 0.571. The molecule has 1 aromatic rings. The first-order valence-electron chi connectivity index (χ1n) is 6.58. The predicted molar refractivity (Wildman–Crippen MR) is 75.2 cm³/mol. The van der Waals surface area contributed by atoms with Gasteiger partial charge in [-0.15, -0.1) is 0 Å². The molecule has 1 atom stereocenters. The van der Waals surface area contributed by atoms with E-state index in [-0.39, 0.29) is 0 Å². The quantitative estimate of drug-likeness (QED) is 0.787. The maximum Gasteiger partial charge on any atom is 0.0419 e. The first kappa shape index (κ1) is 11.7. The molecular formula is C14H23NSi. The molecule has 0 bridgehead atoms. The third kappa shape index (κ3) is 2.32. The minimum Gasteiger partial charge on any atom is -0.385 e. The zero-order valence-electron chi connectivity index (χ0n) is 10.7. The van der Waals surface area contributed by atoms with Gasteiger partial charge in [0.05, 0.1) is 0 Å². The predicted octanol–water partition coefficient (Wildman–Crippen LogP) is 3.60. The van der Waals surface area contributed by atoms with Crippen LogP contribution in [-0.2, 0) is 6.42 Å². The Morgan fingerprint density at radius 1 is 1.31 bits per heavy atom. The Balaban J connectivity index is 2.14. The lowest BCUT2D eigenvalue weighted by molar-refractivity contribution is 0.795. The molecule has 0 amide bonds. The van der Waals surface area contributed by atoms with Crippen LogP contribution in [0.4, 0.5) is 5.69 Å². The van der Waals surface area contributed by atoms with Crippen LogP contribution >= 0.6 is 0 Å². The highest BCUT2D eigenvalue weighted by Gasteiger charge is 2.24. The van der Waals surface area contributed by atoms with Gasteiger partial charge in [-0.1, -0.05) is 38.1 Å². The molecule has 0 radical (unpaired) electrons. The summed E-state index contributed by atoms with van der Waals surface area (Å²) in [4.78, 5) is 0. The van der Waals surface area contributed by atoms with Gasteiger partial charge in [-0.25, -0.2) is 0 Å². The first-order chi connectivity index (χ1) is 7.74. The molecule has 2 heteroatoms. The van der Waals surface area contributed by atoms with Gasteiger partial charge in [0.2, 0.25) is 0 Å². The van der Waals surface area contributed by atoms with Crippen LogP contribution in [0, 0.1) is 6.92 Å². The molecule has 1 unspecified atom stereocenters. The summed E-state index contributed by atoms with van der Waals surface area (Å²) in [5.41, 5.74) is 5.26. The summed E-state index contributed by atoms with van der Waals surface area (Å²) in [6, 6.07) is 9.76. The highest BCUT2D eigenvalue weighted by Crippen LogP contribution is 2.31. The van der Waals surface area contributed by atoms with Gasteiger partial charge in [-0.3, -0.25) is 0 Å². The largest absolute Gasteiger partial charge is 0.385 e. The number of rotatable bonds is 3. The second-order valence-electron chi connectivity index (χ2n) is 5.08. The van der Waals surface area contributed by atoms with Gasteiger partial charge >= 0.3 is 0 Å². The lowest BCUT2D eigenvalue weighted by Crippen LogP contribution is -2.30. The van der Waals surface area contributed by atoms with Crippen molar-refractivity contribution in [3.63, 3.8) is 0 Å². The van der Waals surface area contributed by atoms with Gasteiger partial charge < -0.3 is 5.32 Å². The van der Waals surface area contributed by atoms with Crippen LogP contribution in [-0.4, -0.2) is 15.3 Å². The van der Waals surface area contributed by atoms with E-state index in [9.17, 15) is 0 Å². The van der Waals surface area contributed by atoms with Gasteiger partial charge in [0.25, 0.3) is 0 Å². The normalized spacial score (nSPS) is 19.4. The van der Waals surface area contributed by atoms with Crippen LogP contribution in [0.3, 0.4) is 0 Å². The molecule has 0 aliphatic carbocycles. The topological polar surface area (TPSA) is 12.0 Å². The lowest BCUT2D eigenvalue weighted by Gasteiger charge is -2.31. The molecule has 0 saturated heterocycles. The minimum absolute atomic E-state index is 0.507. The van der Waals surface area contributed by atoms with Crippen LogP contribution < -0.4 is 5.32 Å². The van der Waals surface area contributed by atoms with Crippen LogP contribution in [0.1, 0.15) is 25.0 Å². The van der Waals surface area contributed by atoms with Crippen LogP contribution in [0.25, 0.3) is 0 Å². The van der Waals surface area contributed by atoms with Crippen LogP contribution in [0.15, 0.2) is 18.2 Å². The van der Waals surface area contributed by atoms with Gasteiger partial charge in [0.1, 0.15) is 0 Å². The smallest absolute Gasteiger partial charge is 0.0419 e. The van der Waals surface area contributed by atoms with Crippen molar-refractivity contribution in [2.75, 3.05) is 11.9 Å². The molecule has 88 valence electrons. The highest BCUT2D eigenvalue weighted by atomic mass is 28.3. The number of nitrogens with one attached hydrogen (secondary N) is 1. The molecule has 0 fully saturated rings. The van der Waals surface area contributed by atoms with Crippen molar-refractivity contribution in [1.82, 2.24) is 0 Å². The molecule has 1 aliphatic heterocycles. The fourth-order valence-corrected chi connectivity index (χ4v) is 5.87. The number of benzene rings is 1. The Morgan fingerprint density at radius 2 is 2.06 bits per heavy atom. The SMILES string of the molecule is CC[SiH](CC)C1CNc2cc(C)ccc2C1. The highest BCUT2D eigenvalue weighted by molar-refractivity contribution is 6.60. The Hall–Kier alpha value is -0.763. The molecule has 1 N–H and O–H groups in total. The summed E-state index contributed by atoms with van der Waals surface area (Å²) in [7, 11) is -0.507. The maximum atomic E-state index is 3.64. The molecule has 0 saturated carbocycles. The van der Waals surface area contributed by atoms with E-state index >= 15 is 0 Å². The average molecular weight is 233 g/mol. The second-order valence-corrected chi connectivity index (χ2v) is 9.18. The number of hydrogen-bond donors (Lipinski definition) is 1. The molecule has 1 aliphatic rings. The standard InChI is InChI=1S/C14H23NSi/c1-4-16(5-2)13-9-12-7-6-11(3)8-14(12)15-10-13/h6-8,13,15-16H,4-5,9-10H2,1-3H3. The van der Waals surface area contributed by atoms with Gasteiger partial charge in [0, 0.05) is 21.0 Å². The number of fused-ring (bicyclic) bond motifs is 1. The molecule has 1 aromatic carbocycles. The molecule has 1 heterocycles. The first-order valence-corrected chi connectivity index (χ1v) is 8.88. The fourth-order valence-electron chi connectivity index (χ4n) is 2.92. The summed E-state index contributed by atoms with van der Waals surface area (Å²) < 4.78 is 0. The van der Waals surface area contributed by atoms with Crippen LogP contribution in [0.2, 0.25) is 17.6 Å². The zero-order valence-corrected chi connectivity index (χ0v) is 11.9. The van der Waals surface area contributed by atoms with E-state index in [4.69, 9.17) is 0 Å². The van der Waals surface area contributed by atoms with E-state index in [0.717, 1.165) is 5.54 Å². The minimum atomic E-state index is -0.507. The van der Waals surface area contributed by atoms with E-state index in [2.05, 4.69) is 44.3 Å². The van der Waals surface area contributed by atoms with Gasteiger partial charge in [0.15, 0.2) is 0 Å². The Labute approximate surface area is 101 Å².